The molecule has 2 aromatic carbocycles. The maximum Gasteiger partial charge on any atom is 0.338 e. The minimum absolute atomic E-state index is 0.116. The normalized spacial score (nSPS) is 21.4. The molecule has 0 spiro atoms. The molecule has 3 atom stereocenters. The number of carbonyl (C=O) groups is 2. The number of piperazine rings is 1. The second kappa shape index (κ2) is 14.5. The average Bonchev–Trinajstić information content (AvgIpc) is 3.73. The van der Waals surface area contributed by atoms with Gasteiger partial charge in [0.2, 0.25) is 10.0 Å². The number of urea groups is 1. The molecule has 2 amide bonds. The molecule has 3 aromatic rings. The van der Waals surface area contributed by atoms with Gasteiger partial charge in [-0.2, -0.15) is 0 Å². The first kappa shape index (κ1) is 34.9. The van der Waals surface area contributed by atoms with Crippen LogP contribution in [0.2, 0.25) is 5.02 Å². The van der Waals surface area contributed by atoms with Gasteiger partial charge in [-0.05, 0) is 29.8 Å². The maximum atomic E-state index is 14.1. The van der Waals surface area contributed by atoms with Crippen LogP contribution in [0.3, 0.4) is 0 Å². The van der Waals surface area contributed by atoms with Gasteiger partial charge in [-0.1, -0.05) is 29.8 Å². The van der Waals surface area contributed by atoms with Crippen LogP contribution in [0.4, 0.5) is 14.9 Å². The molecule has 0 aliphatic carbocycles. The number of aromatic nitrogens is 1. The zero-order valence-electron chi connectivity index (χ0n) is 26.9. The molecule has 2 fully saturated rings. The fourth-order valence-corrected chi connectivity index (χ4v) is 7.66. The zero-order valence-corrected chi connectivity index (χ0v) is 29.3. The minimum atomic E-state index is -3.34. The number of halogens is 2. The van der Waals surface area contributed by atoms with Crippen LogP contribution in [-0.2, 0) is 30.8 Å². The summed E-state index contributed by atoms with van der Waals surface area (Å²) >= 11 is 7.89. The lowest BCUT2D eigenvalue weighted by atomic mass is 9.94. The molecule has 1 unspecified atom stereocenters. The predicted molar refractivity (Wildman–Crippen MR) is 184 cm³/mol. The van der Waals surface area contributed by atoms with Crippen LogP contribution in [0.25, 0.3) is 0 Å². The Morgan fingerprint density at radius 2 is 1.96 bits per heavy atom. The Kier molecular flexibility index (Phi) is 10.3. The number of amides is 2. The third-order valence-corrected chi connectivity index (χ3v) is 10.5. The number of thiazole rings is 1. The van der Waals surface area contributed by atoms with Crippen molar-refractivity contribution in [1.29, 1.82) is 0 Å². The number of ether oxygens (including phenoxy) is 2. The fourth-order valence-electron chi connectivity index (χ4n) is 6.38. The number of methoxy groups -OCH3 is 2. The molecule has 3 aliphatic rings. The second-order valence-corrected chi connectivity index (χ2v) is 14.9. The summed E-state index contributed by atoms with van der Waals surface area (Å²) in [6, 6.07) is 9.61. The molecule has 2 N–H and O–H groups in total. The number of sulfonamides is 1. The molecule has 3 aliphatic heterocycles. The maximum absolute atomic E-state index is 14.1. The van der Waals surface area contributed by atoms with Crippen molar-refractivity contribution < 1.29 is 31.9 Å². The van der Waals surface area contributed by atoms with Crippen molar-refractivity contribution in [2.45, 2.75) is 24.7 Å². The summed E-state index contributed by atoms with van der Waals surface area (Å²) in [6.45, 7) is 2.00. The van der Waals surface area contributed by atoms with Crippen molar-refractivity contribution in [2.75, 3.05) is 58.2 Å². The third-order valence-electron chi connectivity index (χ3n) is 8.70. The lowest BCUT2D eigenvalue weighted by molar-refractivity contribution is -0.136. The second-order valence-electron chi connectivity index (χ2n) is 11.8. The molecule has 260 valence electrons. The number of hydrogen-bond donors (Lipinski definition) is 2. The standard InChI is InChI=1S/C32H35ClFN7O6S2/c1-46-18-26-25-17-41(21-7-4-19(5-8-21)15-36-49(3,44)45)32(43)40(25)12-11-39(26)16-24-27(31(42)47-2)28(22-9-6-20(34)14-23(22)33)38-29(37-24)30-35-10-13-48-30/h4-10,13-14,25-26,28,36H,11-12,15-18H2,1-3H3,(H,37,38)/t25-,26-,28?/m1/s1. The van der Waals surface area contributed by atoms with E-state index in [2.05, 4.69) is 19.9 Å². The van der Waals surface area contributed by atoms with E-state index in [-0.39, 0.29) is 41.8 Å². The summed E-state index contributed by atoms with van der Waals surface area (Å²) in [4.78, 5) is 42.1. The number of anilines is 1. The Bertz CT molecular complexity index is 1890. The van der Waals surface area contributed by atoms with Gasteiger partial charge in [0.1, 0.15) is 11.9 Å². The number of fused-ring (bicyclic) bond motifs is 1. The van der Waals surface area contributed by atoms with Gasteiger partial charge in [-0.3, -0.25) is 14.8 Å². The Hall–Kier alpha value is -3.93. The van der Waals surface area contributed by atoms with Gasteiger partial charge in [-0.15, -0.1) is 11.3 Å². The molecule has 6 rings (SSSR count). The van der Waals surface area contributed by atoms with Crippen molar-refractivity contribution in [1.82, 2.24) is 24.8 Å². The smallest absolute Gasteiger partial charge is 0.338 e. The number of benzene rings is 2. The number of hydrogen-bond acceptors (Lipinski definition) is 11. The summed E-state index contributed by atoms with van der Waals surface area (Å²) in [5, 5.41) is 5.86. The van der Waals surface area contributed by atoms with Gasteiger partial charge in [0.25, 0.3) is 0 Å². The predicted octanol–water partition coefficient (Wildman–Crippen LogP) is 3.14. The highest BCUT2D eigenvalue weighted by molar-refractivity contribution is 7.88. The SMILES string of the molecule is COC[C@@H]1[C@H]2CN(c3ccc(CNS(C)(=O)=O)cc3)C(=O)N2CCN1CC1=C(C(=O)OC)C(c2ccc(F)cc2Cl)N=C(c2nccs2)N1. The van der Waals surface area contributed by atoms with Crippen LogP contribution >= 0.6 is 22.9 Å². The van der Waals surface area contributed by atoms with E-state index in [1.807, 2.05) is 10.3 Å². The molecule has 49 heavy (non-hydrogen) atoms. The molecular weight excluding hydrogens is 697 g/mol. The van der Waals surface area contributed by atoms with Crippen LogP contribution < -0.4 is 14.9 Å². The van der Waals surface area contributed by atoms with E-state index in [0.717, 1.165) is 11.8 Å². The quantitative estimate of drug-likeness (QED) is 0.284. The Balaban J connectivity index is 1.30. The van der Waals surface area contributed by atoms with Crippen molar-refractivity contribution in [2.24, 2.45) is 4.99 Å². The summed E-state index contributed by atoms with van der Waals surface area (Å²) < 4.78 is 50.5. The lowest BCUT2D eigenvalue weighted by Crippen LogP contribution is -2.61. The van der Waals surface area contributed by atoms with Gasteiger partial charge in [0, 0.05) is 73.4 Å². The molecule has 1 aromatic heterocycles. The van der Waals surface area contributed by atoms with Crippen LogP contribution in [0.15, 0.2) is 70.3 Å². The van der Waals surface area contributed by atoms with E-state index in [1.54, 1.807) is 42.5 Å². The molecule has 0 saturated carbocycles. The van der Waals surface area contributed by atoms with Crippen LogP contribution in [0.5, 0.6) is 0 Å². The number of esters is 1. The molecule has 13 nitrogen and oxygen atoms in total. The lowest BCUT2D eigenvalue weighted by Gasteiger charge is -2.44. The molecule has 0 bridgehead atoms. The van der Waals surface area contributed by atoms with Gasteiger partial charge in [0.15, 0.2) is 10.8 Å². The third kappa shape index (κ3) is 7.49. The average molecular weight is 732 g/mol. The summed E-state index contributed by atoms with van der Waals surface area (Å²) in [5.74, 6) is -0.701. The fraction of sp³-hybridized carbons (Fsp3) is 0.375. The van der Waals surface area contributed by atoms with Crippen molar-refractivity contribution in [3.05, 3.63) is 92.3 Å². The highest BCUT2D eigenvalue weighted by Crippen LogP contribution is 2.38. The molecule has 17 heteroatoms. The van der Waals surface area contributed by atoms with E-state index >= 15 is 0 Å². The van der Waals surface area contributed by atoms with Gasteiger partial charge in [0.05, 0.1) is 37.6 Å². The topological polar surface area (TPSA) is 146 Å². The first-order valence-corrected chi connectivity index (χ1v) is 18.5. The number of amidine groups is 1. The number of nitrogens with zero attached hydrogens (tertiary/aromatic N) is 5. The van der Waals surface area contributed by atoms with Crippen LogP contribution in [0, 0.1) is 5.82 Å². The Labute approximate surface area is 292 Å². The first-order chi connectivity index (χ1) is 23.5. The van der Waals surface area contributed by atoms with Crippen LogP contribution in [-0.4, -0.2) is 106 Å². The zero-order chi connectivity index (χ0) is 34.9. The summed E-state index contributed by atoms with van der Waals surface area (Å²) in [5.41, 5.74) is 2.64. The van der Waals surface area contributed by atoms with E-state index < -0.39 is 27.9 Å². The Morgan fingerprint density at radius 3 is 2.61 bits per heavy atom. The van der Waals surface area contributed by atoms with E-state index in [9.17, 15) is 22.4 Å². The highest BCUT2D eigenvalue weighted by Gasteiger charge is 2.47. The number of carbonyl (C=O) groups excluding carboxylic acids is 2. The summed E-state index contributed by atoms with van der Waals surface area (Å²) in [7, 11) is -0.452. The number of aliphatic imine (C=N–C) groups is 1. The molecular formula is C32H35ClFN7O6S2. The van der Waals surface area contributed by atoms with Crippen molar-refractivity contribution in [3.63, 3.8) is 0 Å². The molecule has 0 radical (unpaired) electrons. The van der Waals surface area contributed by atoms with Gasteiger partial charge >= 0.3 is 12.0 Å². The first-order valence-electron chi connectivity index (χ1n) is 15.3. The molecule has 2 saturated heterocycles. The molecule has 4 heterocycles. The van der Waals surface area contributed by atoms with E-state index in [1.165, 1.54) is 36.6 Å². The van der Waals surface area contributed by atoms with E-state index in [0.29, 0.717) is 54.0 Å². The van der Waals surface area contributed by atoms with E-state index in [4.69, 9.17) is 26.1 Å². The highest BCUT2D eigenvalue weighted by atomic mass is 35.5. The minimum Gasteiger partial charge on any atom is -0.466 e. The van der Waals surface area contributed by atoms with Gasteiger partial charge < -0.3 is 19.7 Å². The summed E-state index contributed by atoms with van der Waals surface area (Å²) in [6.07, 6.45) is 2.75. The van der Waals surface area contributed by atoms with Crippen LogP contribution in [0.1, 0.15) is 22.2 Å². The van der Waals surface area contributed by atoms with Crippen molar-refractivity contribution in [3.8, 4) is 0 Å². The largest absolute Gasteiger partial charge is 0.466 e. The number of rotatable bonds is 11. The van der Waals surface area contributed by atoms with Crippen molar-refractivity contribution >= 4 is 56.5 Å². The Morgan fingerprint density at radius 1 is 1.18 bits per heavy atom. The van der Waals surface area contributed by atoms with Gasteiger partial charge in [-0.25, -0.2) is 32.1 Å². The monoisotopic (exact) mass is 731 g/mol. The number of nitrogens with one attached hydrogen (secondary N) is 2.